The Morgan fingerprint density at radius 2 is 1.44 bits per heavy atom. The maximum Gasteiger partial charge on any atom is 0.107 e. The Kier molecular flexibility index (Phi) is 5.81. The molecule has 0 unspecified atom stereocenters. The van der Waals surface area contributed by atoms with Crippen molar-refractivity contribution in [3.63, 3.8) is 0 Å². The third-order valence-corrected chi connectivity index (χ3v) is 1.90. The molecule has 1 aromatic carbocycles. The molecule has 0 heterocycles. The second kappa shape index (κ2) is 7.54. The summed E-state index contributed by atoms with van der Waals surface area (Å²) in [6.45, 7) is 1.70. The molecule has 0 aliphatic carbocycles. The topological polar surface area (TPSA) is 18.5 Å². The fourth-order valence-corrected chi connectivity index (χ4v) is 1.26. The second-order valence-electron chi connectivity index (χ2n) is 3.21. The van der Waals surface area contributed by atoms with Crippen LogP contribution in [-0.2, 0) is 22.7 Å². The molecule has 0 saturated carbocycles. The molecular weight excluding hydrogens is 200 g/mol. The molecule has 0 amide bonds. The zero-order valence-electron chi connectivity index (χ0n) is 9.11. The lowest BCUT2D eigenvalue weighted by Gasteiger charge is -2.05. The second-order valence-corrected chi connectivity index (χ2v) is 3.21. The lowest BCUT2D eigenvalue weighted by Crippen LogP contribution is -1.96. The van der Waals surface area contributed by atoms with Gasteiger partial charge in [0.2, 0.25) is 0 Å². The van der Waals surface area contributed by atoms with Crippen LogP contribution >= 0.6 is 0 Å². The zero-order chi connectivity index (χ0) is 11.6. The molecule has 0 aromatic heterocycles. The molecule has 1 rings (SSSR count). The Bertz CT molecular complexity index is 361. The minimum Gasteiger partial charge on any atom is -0.364 e. The van der Waals surface area contributed by atoms with Crippen LogP contribution in [0.3, 0.4) is 0 Å². The molecule has 0 aliphatic rings. The van der Waals surface area contributed by atoms with Gasteiger partial charge in [-0.1, -0.05) is 36.1 Å². The summed E-state index contributed by atoms with van der Waals surface area (Å²) in [6.07, 6.45) is 10.2. The van der Waals surface area contributed by atoms with E-state index in [2.05, 4.69) is 11.8 Å². The van der Waals surface area contributed by atoms with E-state index < -0.39 is 0 Å². The fraction of sp³-hybridized carbons (Fsp3) is 0.286. The lowest BCUT2D eigenvalue weighted by atomic mass is 10.1. The minimum absolute atomic E-state index is 0.331. The van der Waals surface area contributed by atoms with Crippen molar-refractivity contribution in [2.24, 2.45) is 0 Å². The molecule has 16 heavy (non-hydrogen) atoms. The smallest absolute Gasteiger partial charge is 0.107 e. The number of hydrogen-bond donors (Lipinski definition) is 0. The molecular formula is C14H14O2. The van der Waals surface area contributed by atoms with Crippen LogP contribution in [-0.4, -0.2) is 13.2 Å². The summed E-state index contributed by atoms with van der Waals surface area (Å²) < 4.78 is 10.5. The van der Waals surface area contributed by atoms with Crippen LogP contribution in [0.25, 0.3) is 0 Å². The Morgan fingerprint density at radius 1 is 0.938 bits per heavy atom. The van der Waals surface area contributed by atoms with Gasteiger partial charge in [-0.2, -0.15) is 0 Å². The van der Waals surface area contributed by atoms with Crippen molar-refractivity contribution in [1.82, 2.24) is 0 Å². The summed E-state index contributed by atoms with van der Waals surface area (Å²) in [5.74, 6) is 4.85. The zero-order valence-corrected chi connectivity index (χ0v) is 9.11. The molecule has 0 fully saturated rings. The SMILES string of the molecule is C#CCOCc1cccc(COCC#C)c1. The maximum atomic E-state index is 5.24. The van der Waals surface area contributed by atoms with Gasteiger partial charge < -0.3 is 9.47 Å². The van der Waals surface area contributed by atoms with E-state index in [9.17, 15) is 0 Å². The third kappa shape index (κ3) is 4.66. The van der Waals surface area contributed by atoms with Crippen LogP contribution < -0.4 is 0 Å². The van der Waals surface area contributed by atoms with Gasteiger partial charge >= 0.3 is 0 Å². The fourth-order valence-electron chi connectivity index (χ4n) is 1.26. The van der Waals surface area contributed by atoms with Crippen molar-refractivity contribution in [3.05, 3.63) is 35.4 Å². The summed E-state index contributed by atoms with van der Waals surface area (Å²) >= 11 is 0. The van der Waals surface area contributed by atoms with Crippen molar-refractivity contribution in [2.75, 3.05) is 13.2 Å². The van der Waals surface area contributed by atoms with E-state index in [0.29, 0.717) is 26.4 Å². The first kappa shape index (κ1) is 12.3. The van der Waals surface area contributed by atoms with Gasteiger partial charge in [-0.15, -0.1) is 12.8 Å². The van der Waals surface area contributed by atoms with Crippen molar-refractivity contribution in [3.8, 4) is 24.7 Å². The van der Waals surface area contributed by atoms with Crippen LogP contribution in [0, 0.1) is 24.7 Å². The summed E-state index contributed by atoms with van der Waals surface area (Å²) in [4.78, 5) is 0. The summed E-state index contributed by atoms with van der Waals surface area (Å²) in [6, 6.07) is 7.96. The molecule has 1 aromatic rings. The van der Waals surface area contributed by atoms with Gasteiger partial charge in [-0.25, -0.2) is 0 Å². The molecule has 0 atom stereocenters. The van der Waals surface area contributed by atoms with Gasteiger partial charge in [0.15, 0.2) is 0 Å². The highest BCUT2D eigenvalue weighted by atomic mass is 16.5. The Hall–Kier alpha value is -1.74. The van der Waals surface area contributed by atoms with Crippen LogP contribution in [0.4, 0.5) is 0 Å². The number of terminal acetylenes is 2. The van der Waals surface area contributed by atoms with Gasteiger partial charge in [0.1, 0.15) is 13.2 Å². The highest BCUT2D eigenvalue weighted by Crippen LogP contribution is 2.07. The Balaban J connectivity index is 2.45. The number of hydrogen-bond acceptors (Lipinski definition) is 2. The Labute approximate surface area is 96.6 Å². The molecule has 0 aliphatic heterocycles. The maximum absolute atomic E-state index is 5.24. The van der Waals surface area contributed by atoms with Crippen molar-refractivity contribution >= 4 is 0 Å². The average molecular weight is 214 g/mol. The predicted octanol–water partition coefficient (Wildman–Crippen LogP) is 1.99. The highest BCUT2D eigenvalue weighted by Gasteiger charge is 1.96. The van der Waals surface area contributed by atoms with Gasteiger partial charge in [0, 0.05) is 0 Å². The van der Waals surface area contributed by atoms with E-state index >= 15 is 0 Å². The molecule has 2 nitrogen and oxygen atoms in total. The number of benzene rings is 1. The summed E-state index contributed by atoms with van der Waals surface area (Å²) in [5, 5.41) is 0. The normalized spacial score (nSPS) is 9.38. The van der Waals surface area contributed by atoms with E-state index in [-0.39, 0.29) is 0 Å². The van der Waals surface area contributed by atoms with Crippen LogP contribution in [0.5, 0.6) is 0 Å². The molecule has 2 heteroatoms. The highest BCUT2D eigenvalue weighted by molar-refractivity contribution is 5.22. The monoisotopic (exact) mass is 214 g/mol. The van der Waals surface area contributed by atoms with E-state index in [1.54, 1.807) is 0 Å². The first-order valence-corrected chi connectivity index (χ1v) is 4.97. The van der Waals surface area contributed by atoms with E-state index in [1.807, 2.05) is 24.3 Å². The summed E-state index contributed by atoms with van der Waals surface area (Å²) in [7, 11) is 0. The van der Waals surface area contributed by atoms with Gasteiger partial charge in [-0.05, 0) is 11.1 Å². The van der Waals surface area contributed by atoms with Gasteiger partial charge in [-0.3, -0.25) is 0 Å². The van der Waals surface area contributed by atoms with E-state index in [4.69, 9.17) is 22.3 Å². The van der Waals surface area contributed by atoms with Crippen molar-refractivity contribution in [1.29, 1.82) is 0 Å². The summed E-state index contributed by atoms with van der Waals surface area (Å²) in [5.41, 5.74) is 2.16. The van der Waals surface area contributed by atoms with Crippen LogP contribution in [0.1, 0.15) is 11.1 Å². The Morgan fingerprint density at radius 3 is 1.88 bits per heavy atom. The first-order chi connectivity index (χ1) is 7.86. The standard InChI is InChI=1S/C14H14O2/c1-3-8-15-11-13-6-5-7-14(10-13)12-16-9-4-2/h1-2,5-7,10H,8-9,11-12H2. The number of rotatable bonds is 6. The largest absolute Gasteiger partial charge is 0.364 e. The molecule has 0 spiro atoms. The van der Waals surface area contributed by atoms with Crippen molar-refractivity contribution < 1.29 is 9.47 Å². The first-order valence-electron chi connectivity index (χ1n) is 4.97. The quantitative estimate of drug-likeness (QED) is 0.532. The molecule has 0 radical (unpaired) electrons. The van der Waals surface area contributed by atoms with Gasteiger partial charge in [0.25, 0.3) is 0 Å². The average Bonchev–Trinajstić information content (AvgIpc) is 2.30. The molecule has 0 bridgehead atoms. The third-order valence-electron chi connectivity index (χ3n) is 1.90. The van der Waals surface area contributed by atoms with Crippen LogP contribution in [0.15, 0.2) is 24.3 Å². The molecule has 0 N–H and O–H groups in total. The van der Waals surface area contributed by atoms with Crippen molar-refractivity contribution in [2.45, 2.75) is 13.2 Å². The van der Waals surface area contributed by atoms with Crippen LogP contribution in [0.2, 0.25) is 0 Å². The molecule has 0 saturated heterocycles. The molecule has 82 valence electrons. The van der Waals surface area contributed by atoms with E-state index in [1.165, 1.54) is 0 Å². The predicted molar refractivity (Wildman–Crippen MR) is 63.4 cm³/mol. The van der Waals surface area contributed by atoms with E-state index in [0.717, 1.165) is 11.1 Å². The van der Waals surface area contributed by atoms with Gasteiger partial charge in [0.05, 0.1) is 13.2 Å². The number of ether oxygens (including phenoxy) is 2. The minimum atomic E-state index is 0.331. The lowest BCUT2D eigenvalue weighted by molar-refractivity contribution is 0.149.